The monoisotopic (exact) mass is 140 g/mol. The van der Waals surface area contributed by atoms with Gasteiger partial charge in [0, 0.05) is 0 Å². The van der Waals surface area contributed by atoms with Crippen molar-refractivity contribution in [2.24, 2.45) is 0 Å². The first-order chi connectivity index (χ1) is 2.81. The van der Waals surface area contributed by atoms with E-state index in [9.17, 15) is 0 Å². The summed E-state index contributed by atoms with van der Waals surface area (Å²) in [5.41, 5.74) is 0. The molecule has 0 radical (unpaired) electrons. The molecule has 2 nitrogen and oxygen atoms in total. The molecular weight excluding hydrogens is 136 g/mol. The predicted molar refractivity (Wildman–Crippen MR) is 36.8 cm³/mol. The van der Waals surface area contributed by atoms with Gasteiger partial charge < -0.3 is 9.44 Å². The molecule has 2 N–H and O–H groups in total. The first kappa shape index (κ1) is 6.39. The van der Waals surface area contributed by atoms with E-state index in [0.717, 1.165) is 0 Å². The van der Waals surface area contributed by atoms with Crippen molar-refractivity contribution in [3.63, 3.8) is 0 Å². The Kier molecular flexibility index (Phi) is 3.81. The summed E-state index contributed by atoms with van der Waals surface area (Å²) in [6.07, 6.45) is 0. The Morgan fingerprint density at radius 1 is 1.33 bits per heavy atom. The fourth-order valence-electron chi connectivity index (χ4n) is 0.0250. The van der Waals surface area contributed by atoms with Crippen LogP contribution in [0.25, 0.3) is 0 Å². The van der Waals surface area contributed by atoms with E-state index >= 15 is 0 Å². The maximum Gasteiger partial charge on any atom is 0.186 e. The molecule has 0 aliphatic carbocycles. The quantitative estimate of drug-likeness (QED) is 0.284. The molecule has 5 heteroatoms. The van der Waals surface area contributed by atoms with Crippen LogP contribution >= 0.6 is 37.8 Å². The summed E-state index contributed by atoms with van der Waals surface area (Å²) >= 11 is 11.7. The molecule has 0 fully saturated rings. The summed E-state index contributed by atoms with van der Waals surface area (Å²) < 4.78 is 4.71. The molecule has 0 atom stereocenters. The van der Waals surface area contributed by atoms with Gasteiger partial charge in [0.05, 0.1) is 0 Å². The van der Waals surface area contributed by atoms with E-state index in [-0.39, 0.29) is 0 Å². The van der Waals surface area contributed by atoms with Crippen molar-refractivity contribution in [3.8, 4) is 0 Å². The molecule has 36 valence electrons. The molecule has 0 aromatic carbocycles. The zero-order chi connectivity index (χ0) is 4.99. The van der Waals surface area contributed by atoms with Gasteiger partial charge in [0.1, 0.15) is 0 Å². The molecule has 0 aliphatic rings. The van der Waals surface area contributed by atoms with Crippen LogP contribution in [0.4, 0.5) is 0 Å². The van der Waals surface area contributed by atoms with Crippen LogP contribution < -0.4 is 9.44 Å². The van der Waals surface area contributed by atoms with Gasteiger partial charge in [-0.3, -0.25) is 0 Å². The average Bonchev–Trinajstić information content (AvgIpc) is 1.65. The van der Waals surface area contributed by atoms with E-state index in [1.807, 2.05) is 0 Å². The van der Waals surface area contributed by atoms with Gasteiger partial charge in [-0.15, -0.1) is 0 Å². The van der Waals surface area contributed by atoms with E-state index < -0.39 is 0 Å². The third kappa shape index (κ3) is 2.62. The predicted octanol–water partition coefficient (Wildman–Crippen LogP) is 0.140. The van der Waals surface area contributed by atoms with E-state index in [2.05, 4.69) is 47.3 Å². The molecule has 0 aliphatic heterocycles. The van der Waals surface area contributed by atoms with Gasteiger partial charge >= 0.3 is 0 Å². The van der Waals surface area contributed by atoms with Crippen molar-refractivity contribution in [3.05, 3.63) is 0 Å². The number of rotatable bonds is 0. The Morgan fingerprint density at radius 3 is 1.67 bits per heavy atom. The molecule has 0 aromatic heterocycles. The fourth-order valence-corrected chi connectivity index (χ4v) is 0.225. The summed E-state index contributed by atoms with van der Waals surface area (Å²) in [5.74, 6) is 0. The highest BCUT2D eigenvalue weighted by molar-refractivity contribution is 7.86. The molecule has 6 heavy (non-hydrogen) atoms. The highest BCUT2D eigenvalue weighted by Crippen LogP contribution is 1.66. The van der Waals surface area contributed by atoms with Crippen LogP contribution in [-0.2, 0) is 0 Å². The maximum absolute atomic E-state index is 4.48. The Balaban J connectivity index is 2.99. The lowest BCUT2D eigenvalue weighted by Crippen LogP contribution is -2.20. The first-order valence-corrected chi connectivity index (χ1v) is 2.45. The molecule has 0 spiro atoms. The van der Waals surface area contributed by atoms with Gasteiger partial charge in [0.25, 0.3) is 0 Å². The van der Waals surface area contributed by atoms with Crippen molar-refractivity contribution in [2.45, 2.75) is 0 Å². The highest BCUT2D eigenvalue weighted by Gasteiger charge is 1.77. The summed E-state index contributed by atoms with van der Waals surface area (Å²) in [5, 5.41) is 0.404. The van der Waals surface area contributed by atoms with Gasteiger partial charge in [-0.05, 0) is 12.2 Å². The highest BCUT2D eigenvalue weighted by atomic mass is 32.1. The molecule has 0 saturated heterocycles. The van der Waals surface area contributed by atoms with Crippen molar-refractivity contribution in [1.29, 1.82) is 0 Å². The zero-order valence-electron chi connectivity index (χ0n) is 2.80. The Morgan fingerprint density at radius 2 is 1.67 bits per heavy atom. The lowest BCUT2D eigenvalue weighted by Gasteiger charge is -1.93. The van der Waals surface area contributed by atoms with Crippen LogP contribution in [0.1, 0.15) is 0 Å². The lowest BCUT2D eigenvalue weighted by molar-refractivity contribution is 1.44. The largest absolute Gasteiger partial charge is 0.309 e. The van der Waals surface area contributed by atoms with E-state index in [4.69, 9.17) is 0 Å². The number of nitrogens with one attached hydrogen (secondary N) is 2. The zero-order valence-corrected chi connectivity index (χ0v) is 5.41. The fraction of sp³-hybridized carbons (Fsp3) is 0. The molecule has 0 rings (SSSR count). The Bertz CT molecular complexity index is 46.8. The van der Waals surface area contributed by atoms with Crippen LogP contribution in [0.2, 0.25) is 0 Å². The maximum atomic E-state index is 4.48. The summed E-state index contributed by atoms with van der Waals surface area (Å²) in [4.78, 5) is 0. The van der Waals surface area contributed by atoms with Crippen molar-refractivity contribution >= 4 is 43.0 Å². The summed E-state index contributed by atoms with van der Waals surface area (Å²) in [6, 6.07) is 0. The minimum Gasteiger partial charge on any atom is -0.309 e. The van der Waals surface area contributed by atoms with Crippen LogP contribution in [0, 0.1) is 0 Å². The third-order valence-corrected chi connectivity index (χ3v) is 1.16. The van der Waals surface area contributed by atoms with Crippen molar-refractivity contribution < 1.29 is 0 Å². The molecule has 0 saturated carbocycles. The average molecular weight is 140 g/mol. The number of hydrogen-bond acceptors (Lipinski definition) is 3. The van der Waals surface area contributed by atoms with E-state index in [0.29, 0.717) is 5.11 Å². The minimum atomic E-state index is 0.404. The van der Waals surface area contributed by atoms with Crippen molar-refractivity contribution in [2.75, 3.05) is 0 Å². The van der Waals surface area contributed by atoms with Crippen LogP contribution in [-0.4, -0.2) is 5.11 Å². The number of thiol groups is 2. The molecule has 0 bridgehead atoms. The molecule has 0 heterocycles. The number of thiocarbonyl (C=S) groups is 1. The summed E-state index contributed by atoms with van der Waals surface area (Å²) in [6.45, 7) is 0. The topological polar surface area (TPSA) is 24.1 Å². The van der Waals surface area contributed by atoms with Crippen LogP contribution in [0.15, 0.2) is 0 Å². The Hall–Kier alpha value is 0.390. The lowest BCUT2D eigenvalue weighted by atomic mass is 11.2. The second-order valence-electron chi connectivity index (χ2n) is 0.553. The number of hydrogen-bond donors (Lipinski definition) is 4. The third-order valence-electron chi connectivity index (χ3n) is 0.203. The van der Waals surface area contributed by atoms with E-state index in [1.165, 1.54) is 0 Å². The standard InChI is InChI=1S/CH4N2S3/c4-1(2-5)3-6/h5-6H,(H2,2,3,4). The van der Waals surface area contributed by atoms with Crippen LogP contribution in [0.5, 0.6) is 0 Å². The molecule has 0 amide bonds. The van der Waals surface area contributed by atoms with Gasteiger partial charge in [-0.1, -0.05) is 25.6 Å². The SMILES string of the molecule is S=C(NS)NS. The molecular formula is CH4N2S3. The normalized spacial score (nSPS) is 7.00. The smallest absolute Gasteiger partial charge is 0.186 e. The second-order valence-corrected chi connectivity index (χ2v) is 1.41. The van der Waals surface area contributed by atoms with Gasteiger partial charge in [0.2, 0.25) is 0 Å². The van der Waals surface area contributed by atoms with E-state index in [1.54, 1.807) is 0 Å². The summed E-state index contributed by atoms with van der Waals surface area (Å²) in [7, 11) is 0. The van der Waals surface area contributed by atoms with Crippen molar-refractivity contribution in [1.82, 2.24) is 9.44 Å². The van der Waals surface area contributed by atoms with Gasteiger partial charge in [-0.25, -0.2) is 0 Å². The second kappa shape index (κ2) is 3.58. The first-order valence-electron chi connectivity index (χ1n) is 1.15. The van der Waals surface area contributed by atoms with Crippen LogP contribution in [0.3, 0.4) is 0 Å². The Labute approximate surface area is 52.8 Å². The minimum absolute atomic E-state index is 0.404. The van der Waals surface area contributed by atoms with Gasteiger partial charge in [0.15, 0.2) is 5.11 Å². The van der Waals surface area contributed by atoms with Gasteiger partial charge in [-0.2, -0.15) is 0 Å². The molecule has 0 aromatic rings. The molecule has 0 unspecified atom stereocenters.